The first-order valence-electron chi connectivity index (χ1n) is 6.19. The fourth-order valence-corrected chi connectivity index (χ4v) is 5.52. The monoisotopic (exact) mass is 288 g/mol. The average Bonchev–Trinajstić information content (AvgIpc) is 2.87. The van der Waals surface area contributed by atoms with Crippen LogP contribution in [0, 0.1) is 12.8 Å². The molecular formula is C12H20N2O2S2. The van der Waals surface area contributed by atoms with Crippen LogP contribution in [0.5, 0.6) is 0 Å². The smallest absolute Gasteiger partial charge is 0.252 e. The van der Waals surface area contributed by atoms with Crippen molar-refractivity contribution >= 4 is 21.4 Å². The van der Waals surface area contributed by atoms with Crippen LogP contribution < -0.4 is 5.32 Å². The molecule has 102 valence electrons. The minimum atomic E-state index is -3.27. The molecule has 18 heavy (non-hydrogen) atoms. The second-order valence-electron chi connectivity index (χ2n) is 4.96. The molecule has 0 radical (unpaired) electrons. The van der Waals surface area contributed by atoms with Crippen molar-refractivity contribution in [1.82, 2.24) is 9.62 Å². The van der Waals surface area contributed by atoms with E-state index in [1.54, 1.807) is 10.4 Å². The number of hydrogen-bond acceptors (Lipinski definition) is 4. The zero-order chi connectivity index (χ0) is 13.3. The molecule has 1 saturated heterocycles. The predicted molar refractivity (Wildman–Crippen MR) is 74.4 cm³/mol. The molecule has 6 heteroatoms. The molecule has 2 heterocycles. The topological polar surface area (TPSA) is 49.4 Å². The van der Waals surface area contributed by atoms with Crippen molar-refractivity contribution in [3.63, 3.8) is 0 Å². The summed E-state index contributed by atoms with van der Waals surface area (Å²) in [6.07, 6.45) is 0.965. The van der Waals surface area contributed by atoms with Crippen molar-refractivity contribution in [2.24, 2.45) is 5.92 Å². The molecule has 0 aliphatic carbocycles. The van der Waals surface area contributed by atoms with Crippen LogP contribution in [0.2, 0.25) is 0 Å². The van der Waals surface area contributed by atoms with Gasteiger partial charge in [0.05, 0.1) is 0 Å². The molecule has 0 spiro atoms. The van der Waals surface area contributed by atoms with Crippen molar-refractivity contribution in [1.29, 1.82) is 0 Å². The largest absolute Gasteiger partial charge is 0.315 e. The number of nitrogens with zero attached hydrogens (tertiary/aromatic N) is 1. The lowest BCUT2D eigenvalue weighted by atomic mass is 10.2. The summed E-state index contributed by atoms with van der Waals surface area (Å²) in [4.78, 5) is 1.10. The van der Waals surface area contributed by atoms with Crippen LogP contribution in [-0.2, 0) is 16.6 Å². The van der Waals surface area contributed by atoms with E-state index in [0.717, 1.165) is 23.4 Å². The van der Waals surface area contributed by atoms with Gasteiger partial charge >= 0.3 is 0 Å². The molecule has 2 rings (SSSR count). The first-order chi connectivity index (χ1) is 8.45. The third-order valence-corrected chi connectivity index (χ3v) is 6.87. The highest BCUT2D eigenvalue weighted by Crippen LogP contribution is 2.31. The Balaban J connectivity index is 2.27. The average molecular weight is 288 g/mol. The molecule has 1 aliphatic rings. The molecule has 1 aromatic rings. The van der Waals surface area contributed by atoms with Crippen molar-refractivity contribution in [3.8, 4) is 0 Å². The Bertz CT molecular complexity index is 522. The van der Waals surface area contributed by atoms with Crippen molar-refractivity contribution < 1.29 is 8.42 Å². The van der Waals surface area contributed by atoms with Gasteiger partial charge in [0, 0.05) is 24.5 Å². The molecule has 1 unspecified atom stereocenters. The molecule has 1 atom stereocenters. The number of rotatable bonds is 4. The Hall–Kier alpha value is -0.430. The lowest BCUT2D eigenvalue weighted by Gasteiger charge is -2.14. The van der Waals surface area contributed by atoms with Gasteiger partial charge in [-0.05, 0) is 37.9 Å². The molecule has 0 saturated carbocycles. The van der Waals surface area contributed by atoms with E-state index >= 15 is 0 Å². The fourth-order valence-electron chi connectivity index (χ4n) is 2.19. The van der Waals surface area contributed by atoms with Crippen LogP contribution in [0.3, 0.4) is 0 Å². The third kappa shape index (κ3) is 2.61. The van der Waals surface area contributed by atoms with Gasteiger partial charge in [-0.1, -0.05) is 6.92 Å². The molecular weight excluding hydrogens is 268 g/mol. The first-order valence-corrected chi connectivity index (χ1v) is 8.45. The highest BCUT2D eigenvalue weighted by atomic mass is 32.2. The van der Waals surface area contributed by atoms with Gasteiger partial charge in [-0.25, -0.2) is 8.42 Å². The number of hydrogen-bond donors (Lipinski definition) is 1. The third-order valence-electron chi connectivity index (χ3n) is 3.32. The van der Waals surface area contributed by atoms with Gasteiger partial charge < -0.3 is 5.32 Å². The van der Waals surface area contributed by atoms with Crippen LogP contribution >= 0.6 is 11.3 Å². The lowest BCUT2D eigenvalue weighted by molar-refractivity contribution is 0.466. The molecule has 1 aliphatic heterocycles. The summed E-state index contributed by atoms with van der Waals surface area (Å²) in [6.45, 7) is 6.10. The van der Waals surface area contributed by atoms with Gasteiger partial charge in [0.1, 0.15) is 4.21 Å². The van der Waals surface area contributed by atoms with Gasteiger partial charge in [0.15, 0.2) is 0 Å². The molecule has 0 bridgehead atoms. The Labute approximate surface area is 113 Å². The van der Waals surface area contributed by atoms with Gasteiger partial charge in [0.2, 0.25) is 0 Å². The summed E-state index contributed by atoms with van der Waals surface area (Å²) in [5, 5.41) is 3.07. The van der Waals surface area contributed by atoms with E-state index in [9.17, 15) is 8.42 Å². The van der Waals surface area contributed by atoms with Crippen LogP contribution in [0.1, 0.15) is 23.8 Å². The second-order valence-corrected chi connectivity index (χ2v) is 8.26. The van der Waals surface area contributed by atoms with E-state index < -0.39 is 10.0 Å². The highest BCUT2D eigenvalue weighted by Gasteiger charge is 2.32. The number of sulfonamides is 1. The Morgan fingerprint density at radius 1 is 1.56 bits per heavy atom. The van der Waals surface area contributed by atoms with Crippen LogP contribution in [0.15, 0.2) is 10.3 Å². The summed E-state index contributed by atoms with van der Waals surface area (Å²) in [5.41, 5.74) is 1.06. The molecule has 4 nitrogen and oxygen atoms in total. The molecule has 0 amide bonds. The highest BCUT2D eigenvalue weighted by molar-refractivity contribution is 7.91. The van der Waals surface area contributed by atoms with Gasteiger partial charge in [0.25, 0.3) is 10.0 Å². The normalized spacial score (nSPS) is 21.6. The zero-order valence-electron chi connectivity index (χ0n) is 11.1. The maximum atomic E-state index is 12.5. The zero-order valence-corrected chi connectivity index (χ0v) is 12.7. The Morgan fingerprint density at radius 3 is 2.83 bits per heavy atom. The summed E-state index contributed by atoms with van der Waals surface area (Å²) in [7, 11) is -1.40. The van der Waals surface area contributed by atoms with Crippen molar-refractivity contribution in [3.05, 3.63) is 16.5 Å². The van der Waals surface area contributed by atoms with E-state index in [0.29, 0.717) is 23.2 Å². The Morgan fingerprint density at radius 2 is 2.28 bits per heavy atom. The van der Waals surface area contributed by atoms with E-state index in [4.69, 9.17) is 0 Å². The van der Waals surface area contributed by atoms with E-state index in [1.807, 2.05) is 14.0 Å². The number of nitrogens with one attached hydrogen (secondary N) is 1. The lowest BCUT2D eigenvalue weighted by Crippen LogP contribution is -2.28. The SMILES string of the molecule is CNCc1sc(S(=O)(=O)N2CCC(C)C2)cc1C. The minimum absolute atomic E-state index is 0.470. The van der Waals surface area contributed by atoms with Gasteiger partial charge in [-0.3, -0.25) is 0 Å². The van der Waals surface area contributed by atoms with Crippen LogP contribution in [-0.4, -0.2) is 32.9 Å². The summed E-state index contributed by atoms with van der Waals surface area (Å²) >= 11 is 1.39. The summed E-state index contributed by atoms with van der Waals surface area (Å²) < 4.78 is 27.0. The van der Waals surface area contributed by atoms with E-state index in [1.165, 1.54) is 11.3 Å². The van der Waals surface area contributed by atoms with Crippen LogP contribution in [0.25, 0.3) is 0 Å². The van der Waals surface area contributed by atoms with Crippen LogP contribution in [0.4, 0.5) is 0 Å². The minimum Gasteiger partial charge on any atom is -0.315 e. The standard InChI is InChI=1S/C12H20N2O2S2/c1-9-4-5-14(8-9)18(15,16)12-6-10(2)11(17-12)7-13-3/h6,9,13H,4-5,7-8H2,1-3H3. The van der Waals surface area contributed by atoms with Gasteiger partial charge in [-0.15, -0.1) is 11.3 Å². The molecule has 0 aromatic carbocycles. The summed E-state index contributed by atoms with van der Waals surface area (Å²) in [6, 6.07) is 1.80. The second kappa shape index (κ2) is 5.28. The predicted octanol–water partition coefficient (Wildman–Crippen LogP) is 1.81. The Kier molecular flexibility index (Phi) is 4.11. The van der Waals surface area contributed by atoms with Gasteiger partial charge in [-0.2, -0.15) is 4.31 Å². The summed E-state index contributed by atoms with van der Waals surface area (Å²) in [5.74, 6) is 0.470. The molecule has 1 aromatic heterocycles. The molecule has 1 fully saturated rings. The van der Waals surface area contributed by atoms with E-state index in [2.05, 4.69) is 12.2 Å². The van der Waals surface area contributed by atoms with Crippen molar-refractivity contribution in [2.75, 3.05) is 20.1 Å². The number of aryl methyl sites for hydroxylation is 1. The number of thiophene rings is 1. The maximum absolute atomic E-state index is 12.5. The van der Waals surface area contributed by atoms with E-state index in [-0.39, 0.29) is 0 Å². The maximum Gasteiger partial charge on any atom is 0.252 e. The van der Waals surface area contributed by atoms with Crippen molar-refractivity contribution in [2.45, 2.75) is 31.0 Å². The first kappa shape index (κ1) is 14.0. The quantitative estimate of drug-likeness (QED) is 0.919. The molecule has 1 N–H and O–H groups in total. The fraction of sp³-hybridized carbons (Fsp3) is 0.667.